The minimum Gasteiger partial charge on any atom is -0.450 e. The second-order valence-corrected chi connectivity index (χ2v) is 12.9. The smallest absolute Gasteiger partial charge is 0.407 e. The second kappa shape index (κ2) is 35.7. The van der Waals surface area contributed by atoms with E-state index in [0.717, 1.165) is 25.9 Å². The van der Waals surface area contributed by atoms with Crippen molar-refractivity contribution in [3.05, 3.63) is 48.6 Å². The fourth-order valence-corrected chi connectivity index (χ4v) is 5.31. The first-order valence-electron chi connectivity index (χ1n) is 18.8. The van der Waals surface area contributed by atoms with E-state index in [0.29, 0.717) is 12.5 Å². The summed E-state index contributed by atoms with van der Waals surface area (Å²) in [6, 6.07) is 0. The molecule has 1 N–H and O–H groups in total. The molecule has 256 valence electrons. The average molecular weight is 615 g/mol. The number of carbonyl (C=O) groups is 1. The maximum absolute atomic E-state index is 12.2. The van der Waals surface area contributed by atoms with Crippen LogP contribution in [0.15, 0.2) is 48.6 Å². The van der Waals surface area contributed by atoms with E-state index in [1.807, 2.05) is 14.1 Å². The predicted molar refractivity (Wildman–Crippen MR) is 195 cm³/mol. The maximum Gasteiger partial charge on any atom is 0.407 e. The van der Waals surface area contributed by atoms with Crippen LogP contribution in [0.2, 0.25) is 0 Å². The summed E-state index contributed by atoms with van der Waals surface area (Å²) in [5.74, 6) is 0.560. The fraction of sp³-hybridized carbons (Fsp3) is 0.775. The van der Waals surface area contributed by atoms with E-state index in [1.54, 1.807) is 0 Å². The van der Waals surface area contributed by atoms with Crippen LogP contribution in [-0.4, -0.2) is 44.8 Å². The Bertz CT molecular complexity index is 710. The summed E-state index contributed by atoms with van der Waals surface area (Å²) < 4.78 is 5.40. The van der Waals surface area contributed by atoms with E-state index in [9.17, 15) is 4.79 Å². The topological polar surface area (TPSA) is 41.6 Å². The first kappa shape index (κ1) is 42.2. The second-order valence-electron chi connectivity index (χ2n) is 12.9. The molecule has 0 aromatic carbocycles. The van der Waals surface area contributed by atoms with Crippen molar-refractivity contribution in [2.45, 2.75) is 162 Å². The molecule has 1 atom stereocenters. The number of nitrogens with zero attached hydrogens (tertiary/aromatic N) is 1. The van der Waals surface area contributed by atoms with Crippen LogP contribution >= 0.6 is 0 Å². The van der Waals surface area contributed by atoms with Crippen LogP contribution in [0, 0.1) is 5.92 Å². The van der Waals surface area contributed by atoms with E-state index in [-0.39, 0.29) is 6.09 Å². The van der Waals surface area contributed by atoms with Crippen LogP contribution in [0.1, 0.15) is 162 Å². The molecule has 0 aliphatic heterocycles. The molecule has 0 spiro atoms. The summed E-state index contributed by atoms with van der Waals surface area (Å²) in [6.45, 7) is 6.68. The van der Waals surface area contributed by atoms with Gasteiger partial charge in [-0.1, -0.05) is 140 Å². The molecular weight excluding hydrogens is 540 g/mol. The van der Waals surface area contributed by atoms with Gasteiger partial charge in [0.2, 0.25) is 0 Å². The molecule has 0 fully saturated rings. The minimum absolute atomic E-state index is 0.248. The number of hydrogen-bond acceptors (Lipinski definition) is 3. The minimum atomic E-state index is -0.248. The number of ether oxygens (including phenoxy) is 1. The number of carbonyl (C=O) groups excluding carboxylic acids is 1. The zero-order valence-corrected chi connectivity index (χ0v) is 29.8. The van der Waals surface area contributed by atoms with Crippen LogP contribution in [0.4, 0.5) is 4.79 Å². The number of unbranched alkanes of at least 4 members (excludes halogenated alkanes) is 15. The molecule has 44 heavy (non-hydrogen) atoms. The summed E-state index contributed by atoms with van der Waals surface area (Å²) in [5.41, 5.74) is 0. The molecule has 0 bridgehead atoms. The molecule has 0 saturated carbocycles. The zero-order valence-electron chi connectivity index (χ0n) is 29.8. The molecule has 0 rings (SSSR count). The lowest BCUT2D eigenvalue weighted by Gasteiger charge is -2.18. The van der Waals surface area contributed by atoms with Gasteiger partial charge in [0.05, 0.1) is 6.61 Å². The number of rotatable bonds is 32. The zero-order chi connectivity index (χ0) is 32.2. The standard InChI is InChI=1S/C40H74N2O2/c1-5-7-9-11-13-15-17-19-21-23-25-27-29-31-34-39(38-41-40(43)44-37-33-36-42(3)4)35-32-30-28-26-24-22-20-18-16-14-12-10-8-6-2/h11,13-14,16-20,39H,5-10,12,15,21-38H2,1-4H3,(H,41,43)/b13-11+,16-14+,19-17+,20-18+. The predicted octanol–water partition coefficient (Wildman–Crippen LogP) is 12.1. The Morgan fingerprint density at radius 3 is 1.68 bits per heavy atom. The van der Waals surface area contributed by atoms with Gasteiger partial charge in [-0.2, -0.15) is 0 Å². The molecule has 1 unspecified atom stereocenters. The lowest BCUT2D eigenvalue weighted by Crippen LogP contribution is -2.30. The van der Waals surface area contributed by atoms with E-state index < -0.39 is 0 Å². The van der Waals surface area contributed by atoms with Crippen LogP contribution in [0.3, 0.4) is 0 Å². The summed E-state index contributed by atoms with van der Waals surface area (Å²) >= 11 is 0. The Kier molecular flexibility index (Phi) is 34.2. The van der Waals surface area contributed by atoms with Gasteiger partial charge in [0.25, 0.3) is 0 Å². The molecule has 0 saturated heterocycles. The molecule has 4 nitrogen and oxygen atoms in total. The average Bonchev–Trinajstić information content (AvgIpc) is 3.01. The number of allylic oxidation sites excluding steroid dienone is 8. The van der Waals surface area contributed by atoms with Gasteiger partial charge in [-0.15, -0.1) is 0 Å². The Labute approximate surface area is 275 Å². The molecular formula is C40H74N2O2. The number of hydrogen-bond donors (Lipinski definition) is 1. The van der Waals surface area contributed by atoms with Gasteiger partial charge in [0.1, 0.15) is 0 Å². The fourth-order valence-electron chi connectivity index (χ4n) is 5.31. The largest absolute Gasteiger partial charge is 0.450 e. The highest BCUT2D eigenvalue weighted by Crippen LogP contribution is 2.19. The molecule has 1 amide bonds. The van der Waals surface area contributed by atoms with Crippen molar-refractivity contribution in [1.82, 2.24) is 10.2 Å². The molecule has 4 heteroatoms. The Balaban J connectivity index is 4.13. The summed E-state index contributed by atoms with van der Waals surface area (Å²) in [4.78, 5) is 14.3. The van der Waals surface area contributed by atoms with Crippen molar-refractivity contribution in [3.63, 3.8) is 0 Å². The molecule has 0 radical (unpaired) electrons. The normalized spacial score (nSPS) is 12.9. The monoisotopic (exact) mass is 615 g/mol. The van der Waals surface area contributed by atoms with Crippen molar-refractivity contribution in [3.8, 4) is 0 Å². The van der Waals surface area contributed by atoms with E-state index in [4.69, 9.17) is 4.74 Å². The Morgan fingerprint density at radius 2 is 1.11 bits per heavy atom. The van der Waals surface area contributed by atoms with Crippen molar-refractivity contribution in [2.24, 2.45) is 5.92 Å². The summed E-state index contributed by atoms with van der Waals surface area (Å²) in [7, 11) is 4.09. The van der Waals surface area contributed by atoms with Gasteiger partial charge >= 0.3 is 6.09 Å². The van der Waals surface area contributed by atoms with Gasteiger partial charge in [-0.3, -0.25) is 0 Å². The van der Waals surface area contributed by atoms with Crippen LogP contribution in [0.5, 0.6) is 0 Å². The number of amides is 1. The van der Waals surface area contributed by atoms with Gasteiger partial charge in [-0.25, -0.2) is 4.79 Å². The molecule has 0 aromatic rings. The highest BCUT2D eigenvalue weighted by molar-refractivity contribution is 5.67. The highest BCUT2D eigenvalue weighted by Gasteiger charge is 2.11. The molecule has 0 aliphatic carbocycles. The first-order chi connectivity index (χ1) is 21.6. The third-order valence-corrected chi connectivity index (χ3v) is 8.17. The van der Waals surface area contributed by atoms with E-state index in [2.05, 4.69) is 72.7 Å². The molecule has 0 aliphatic rings. The third kappa shape index (κ3) is 34.7. The number of nitrogens with one attached hydrogen (secondary N) is 1. The van der Waals surface area contributed by atoms with Crippen molar-refractivity contribution in [1.29, 1.82) is 0 Å². The maximum atomic E-state index is 12.2. The lowest BCUT2D eigenvalue weighted by molar-refractivity contribution is 0.139. The van der Waals surface area contributed by atoms with Crippen LogP contribution in [-0.2, 0) is 4.74 Å². The lowest BCUT2D eigenvalue weighted by atomic mass is 9.94. The summed E-state index contributed by atoms with van der Waals surface area (Å²) in [5, 5.41) is 3.07. The van der Waals surface area contributed by atoms with Gasteiger partial charge in [0.15, 0.2) is 0 Å². The third-order valence-electron chi connectivity index (χ3n) is 8.17. The SMILES string of the molecule is CCCC/C=C/C/C=C/CCCCCCCC(CCCCCCC/C=C/C=C/CCCCC)CNC(=O)OCCCN(C)C. The summed E-state index contributed by atoms with van der Waals surface area (Å²) in [6.07, 6.45) is 46.9. The highest BCUT2D eigenvalue weighted by atomic mass is 16.5. The van der Waals surface area contributed by atoms with Gasteiger partial charge < -0.3 is 15.0 Å². The van der Waals surface area contributed by atoms with Crippen molar-refractivity contribution >= 4 is 6.09 Å². The molecule has 0 heterocycles. The van der Waals surface area contributed by atoms with E-state index in [1.165, 1.54) is 135 Å². The van der Waals surface area contributed by atoms with Crippen LogP contribution in [0.25, 0.3) is 0 Å². The van der Waals surface area contributed by atoms with Gasteiger partial charge in [0, 0.05) is 13.1 Å². The Morgan fingerprint density at radius 1 is 0.614 bits per heavy atom. The van der Waals surface area contributed by atoms with E-state index >= 15 is 0 Å². The Hall–Kier alpha value is -1.81. The van der Waals surface area contributed by atoms with Crippen molar-refractivity contribution < 1.29 is 9.53 Å². The quantitative estimate of drug-likeness (QED) is 0.0465. The number of alkyl carbamates (subject to hydrolysis) is 1. The van der Waals surface area contributed by atoms with Gasteiger partial charge in [-0.05, 0) is 90.6 Å². The first-order valence-corrected chi connectivity index (χ1v) is 18.8. The van der Waals surface area contributed by atoms with Crippen molar-refractivity contribution in [2.75, 3.05) is 33.8 Å². The molecule has 0 aromatic heterocycles. The van der Waals surface area contributed by atoms with Crippen LogP contribution < -0.4 is 5.32 Å².